The summed E-state index contributed by atoms with van der Waals surface area (Å²) in [4.78, 5) is 0. The summed E-state index contributed by atoms with van der Waals surface area (Å²) in [5, 5.41) is 20.4. The second kappa shape index (κ2) is 3.07. The first-order valence-corrected chi connectivity index (χ1v) is 4.13. The SMILES string of the molecule is OCc1ccc2ccccc2c1O. The molecule has 2 aromatic rings. The number of rotatable bonds is 1. The number of aliphatic hydroxyl groups excluding tert-OH is 1. The molecule has 0 saturated heterocycles. The monoisotopic (exact) mass is 174 g/mol. The lowest BCUT2D eigenvalue weighted by Gasteiger charge is -2.04. The first-order valence-electron chi connectivity index (χ1n) is 4.13. The van der Waals surface area contributed by atoms with E-state index in [0.717, 1.165) is 10.8 Å². The van der Waals surface area contributed by atoms with Crippen molar-refractivity contribution in [3.8, 4) is 5.75 Å². The van der Waals surface area contributed by atoms with Crippen molar-refractivity contribution < 1.29 is 10.2 Å². The number of fused-ring (bicyclic) bond motifs is 1. The van der Waals surface area contributed by atoms with E-state index in [0.29, 0.717) is 5.56 Å². The molecule has 2 nitrogen and oxygen atoms in total. The van der Waals surface area contributed by atoms with Gasteiger partial charge < -0.3 is 10.2 Å². The van der Waals surface area contributed by atoms with E-state index >= 15 is 0 Å². The molecule has 0 unspecified atom stereocenters. The van der Waals surface area contributed by atoms with Crippen LogP contribution in [0.4, 0.5) is 0 Å². The Morgan fingerprint density at radius 1 is 1.00 bits per heavy atom. The first kappa shape index (κ1) is 8.08. The van der Waals surface area contributed by atoms with Crippen molar-refractivity contribution in [3.63, 3.8) is 0 Å². The molecular formula is C11H10O2. The van der Waals surface area contributed by atoms with Crippen molar-refractivity contribution in [1.29, 1.82) is 0 Å². The summed E-state index contributed by atoms with van der Waals surface area (Å²) in [7, 11) is 0. The van der Waals surface area contributed by atoms with Gasteiger partial charge in [0.05, 0.1) is 6.61 Å². The van der Waals surface area contributed by atoms with E-state index in [9.17, 15) is 5.11 Å². The van der Waals surface area contributed by atoms with Crippen LogP contribution >= 0.6 is 0 Å². The van der Waals surface area contributed by atoms with Gasteiger partial charge in [0, 0.05) is 10.9 Å². The highest BCUT2D eigenvalue weighted by Crippen LogP contribution is 2.28. The van der Waals surface area contributed by atoms with Gasteiger partial charge in [0.15, 0.2) is 0 Å². The van der Waals surface area contributed by atoms with Crippen molar-refractivity contribution >= 4 is 10.8 Å². The van der Waals surface area contributed by atoms with Crippen LogP contribution in [0, 0.1) is 0 Å². The molecule has 0 bridgehead atoms. The predicted octanol–water partition coefficient (Wildman–Crippen LogP) is 2.04. The molecule has 0 aliphatic heterocycles. The summed E-state index contributed by atoms with van der Waals surface area (Å²) in [6.45, 7) is -0.128. The lowest BCUT2D eigenvalue weighted by Crippen LogP contribution is -1.84. The van der Waals surface area contributed by atoms with E-state index in [-0.39, 0.29) is 12.4 Å². The minimum atomic E-state index is -0.128. The van der Waals surface area contributed by atoms with Gasteiger partial charge in [-0.2, -0.15) is 0 Å². The minimum absolute atomic E-state index is 0.128. The van der Waals surface area contributed by atoms with Gasteiger partial charge >= 0.3 is 0 Å². The lowest BCUT2D eigenvalue weighted by atomic mass is 10.1. The maximum Gasteiger partial charge on any atom is 0.128 e. The smallest absolute Gasteiger partial charge is 0.128 e. The molecule has 2 N–H and O–H groups in total. The van der Waals surface area contributed by atoms with Crippen molar-refractivity contribution in [2.24, 2.45) is 0 Å². The third-order valence-corrected chi connectivity index (χ3v) is 2.15. The Morgan fingerprint density at radius 2 is 1.77 bits per heavy atom. The standard InChI is InChI=1S/C11H10O2/c12-7-9-6-5-8-3-1-2-4-10(8)11(9)13/h1-6,12-13H,7H2. The van der Waals surface area contributed by atoms with Gasteiger partial charge in [-0.1, -0.05) is 36.4 Å². The summed E-state index contributed by atoms with van der Waals surface area (Å²) in [5.41, 5.74) is 0.568. The second-order valence-corrected chi connectivity index (χ2v) is 2.95. The molecular weight excluding hydrogens is 164 g/mol. The van der Waals surface area contributed by atoms with Crippen LogP contribution < -0.4 is 0 Å². The molecule has 0 fully saturated rings. The molecule has 0 aliphatic rings. The van der Waals surface area contributed by atoms with E-state index in [2.05, 4.69) is 0 Å². The van der Waals surface area contributed by atoms with Gasteiger partial charge in [0.25, 0.3) is 0 Å². The van der Waals surface area contributed by atoms with E-state index in [1.807, 2.05) is 30.3 Å². The summed E-state index contributed by atoms with van der Waals surface area (Å²) in [6.07, 6.45) is 0. The molecule has 13 heavy (non-hydrogen) atoms. The molecule has 66 valence electrons. The summed E-state index contributed by atoms with van der Waals surface area (Å²) < 4.78 is 0. The molecule has 0 amide bonds. The number of phenols is 1. The van der Waals surface area contributed by atoms with Crippen molar-refractivity contribution in [3.05, 3.63) is 42.0 Å². The molecule has 0 heterocycles. The van der Waals surface area contributed by atoms with Crippen LogP contribution in [0.3, 0.4) is 0 Å². The third-order valence-electron chi connectivity index (χ3n) is 2.15. The highest BCUT2D eigenvalue weighted by molar-refractivity contribution is 5.89. The van der Waals surface area contributed by atoms with Crippen LogP contribution in [0.5, 0.6) is 5.75 Å². The Labute approximate surface area is 76.1 Å². The average molecular weight is 174 g/mol. The van der Waals surface area contributed by atoms with Crippen LogP contribution in [0.2, 0.25) is 0 Å². The Balaban J connectivity index is 2.79. The largest absolute Gasteiger partial charge is 0.507 e. The molecule has 0 saturated carbocycles. The Bertz CT molecular complexity index is 435. The van der Waals surface area contributed by atoms with Crippen molar-refractivity contribution in [1.82, 2.24) is 0 Å². The number of hydrogen-bond donors (Lipinski definition) is 2. The van der Waals surface area contributed by atoms with Crippen LogP contribution in [0.1, 0.15) is 5.56 Å². The third kappa shape index (κ3) is 1.25. The molecule has 2 heteroatoms. The maximum absolute atomic E-state index is 9.69. The van der Waals surface area contributed by atoms with E-state index in [4.69, 9.17) is 5.11 Å². The quantitative estimate of drug-likeness (QED) is 0.694. The average Bonchev–Trinajstić information content (AvgIpc) is 2.19. The van der Waals surface area contributed by atoms with Crippen molar-refractivity contribution in [2.75, 3.05) is 0 Å². The zero-order valence-corrected chi connectivity index (χ0v) is 7.07. The van der Waals surface area contributed by atoms with Crippen LogP contribution in [0.15, 0.2) is 36.4 Å². The molecule has 0 radical (unpaired) electrons. The Morgan fingerprint density at radius 3 is 2.54 bits per heavy atom. The van der Waals surface area contributed by atoms with Gasteiger partial charge in [0.2, 0.25) is 0 Å². The van der Waals surface area contributed by atoms with Crippen molar-refractivity contribution in [2.45, 2.75) is 6.61 Å². The summed E-state index contributed by atoms with van der Waals surface area (Å²) in [6, 6.07) is 11.2. The van der Waals surface area contributed by atoms with E-state index in [1.54, 1.807) is 6.07 Å². The fourth-order valence-electron chi connectivity index (χ4n) is 1.43. The topological polar surface area (TPSA) is 40.5 Å². The number of benzene rings is 2. The Kier molecular flexibility index (Phi) is 1.91. The second-order valence-electron chi connectivity index (χ2n) is 2.95. The highest BCUT2D eigenvalue weighted by atomic mass is 16.3. The summed E-state index contributed by atoms with van der Waals surface area (Å²) >= 11 is 0. The van der Waals surface area contributed by atoms with Crippen LogP contribution in [-0.4, -0.2) is 10.2 Å². The van der Waals surface area contributed by atoms with E-state index in [1.165, 1.54) is 0 Å². The van der Waals surface area contributed by atoms with Gasteiger partial charge in [-0.15, -0.1) is 0 Å². The summed E-state index contributed by atoms with van der Waals surface area (Å²) in [5.74, 6) is 0.181. The van der Waals surface area contributed by atoms with E-state index < -0.39 is 0 Å². The minimum Gasteiger partial charge on any atom is -0.507 e. The highest BCUT2D eigenvalue weighted by Gasteiger charge is 2.03. The Hall–Kier alpha value is -1.54. The molecule has 0 aliphatic carbocycles. The zero-order valence-electron chi connectivity index (χ0n) is 7.07. The maximum atomic E-state index is 9.69. The first-order chi connectivity index (χ1) is 6.33. The lowest BCUT2D eigenvalue weighted by molar-refractivity contribution is 0.276. The predicted molar refractivity (Wildman–Crippen MR) is 51.5 cm³/mol. The number of hydrogen-bond acceptors (Lipinski definition) is 2. The molecule has 2 rings (SSSR count). The zero-order chi connectivity index (χ0) is 9.26. The number of aromatic hydroxyl groups is 1. The number of aliphatic hydroxyl groups is 1. The fraction of sp³-hybridized carbons (Fsp3) is 0.0909. The molecule has 2 aromatic carbocycles. The molecule has 0 aromatic heterocycles. The van der Waals surface area contributed by atoms with Gasteiger partial charge in [0.1, 0.15) is 5.75 Å². The van der Waals surface area contributed by atoms with Gasteiger partial charge in [-0.05, 0) is 5.39 Å². The molecule has 0 atom stereocenters. The van der Waals surface area contributed by atoms with Crippen LogP contribution in [-0.2, 0) is 6.61 Å². The van der Waals surface area contributed by atoms with Gasteiger partial charge in [-0.3, -0.25) is 0 Å². The van der Waals surface area contributed by atoms with Gasteiger partial charge in [-0.25, -0.2) is 0 Å². The normalized spacial score (nSPS) is 10.5. The molecule has 0 spiro atoms. The fourth-order valence-corrected chi connectivity index (χ4v) is 1.43. The van der Waals surface area contributed by atoms with Crippen LogP contribution in [0.25, 0.3) is 10.8 Å².